The molecule has 0 aliphatic carbocycles. The second-order valence-corrected chi connectivity index (χ2v) is 8.80. The van der Waals surface area contributed by atoms with Crippen LogP contribution in [0.3, 0.4) is 0 Å². The number of aliphatic hydroxyl groups is 1. The van der Waals surface area contributed by atoms with E-state index in [9.17, 15) is 9.90 Å². The van der Waals surface area contributed by atoms with E-state index in [4.69, 9.17) is 0 Å². The lowest BCUT2D eigenvalue weighted by molar-refractivity contribution is 0.220. The first-order valence-electron chi connectivity index (χ1n) is 8.95. The highest BCUT2D eigenvalue weighted by Gasteiger charge is 2.14. The monoisotopic (exact) mass is 412 g/mol. The molecule has 3 heterocycles. The first kappa shape index (κ1) is 18.9. The summed E-state index contributed by atoms with van der Waals surface area (Å²) in [6, 6.07) is 11.9. The van der Waals surface area contributed by atoms with E-state index in [1.54, 1.807) is 29.6 Å². The molecule has 0 saturated heterocycles. The van der Waals surface area contributed by atoms with Crippen LogP contribution in [-0.2, 0) is 0 Å². The van der Waals surface area contributed by atoms with Crippen molar-refractivity contribution in [2.75, 3.05) is 5.75 Å². The number of H-pyrrole nitrogens is 1. The maximum absolute atomic E-state index is 11.5. The van der Waals surface area contributed by atoms with Gasteiger partial charge in [-0.3, -0.25) is 4.79 Å². The van der Waals surface area contributed by atoms with Gasteiger partial charge in [-0.1, -0.05) is 24.3 Å². The van der Waals surface area contributed by atoms with Crippen LogP contribution in [-0.4, -0.2) is 36.7 Å². The van der Waals surface area contributed by atoms with Crippen LogP contribution in [0.2, 0.25) is 0 Å². The predicted octanol–water partition coefficient (Wildman–Crippen LogP) is 3.80. The van der Waals surface area contributed by atoms with Crippen LogP contribution in [0, 0.1) is 0 Å². The Hall–Kier alpha value is -2.42. The standard InChI is InChI=1S/C20H20N4O2S2/c1-12(25)11-27-15-4-6-19(21-10-15)24-8-7-16(23-24)13(2)14-3-5-17-18(9-14)28-20(26)22-17/h3-10,12-13,25H,11H2,1-2H3,(H,22,26). The average Bonchev–Trinajstić information content (AvgIpc) is 3.31. The Kier molecular flexibility index (Phi) is 5.34. The van der Waals surface area contributed by atoms with Gasteiger partial charge >= 0.3 is 4.87 Å². The third kappa shape index (κ3) is 4.04. The van der Waals surface area contributed by atoms with Crippen molar-refractivity contribution in [1.29, 1.82) is 0 Å². The first-order valence-corrected chi connectivity index (χ1v) is 10.8. The van der Waals surface area contributed by atoms with Gasteiger partial charge in [0.15, 0.2) is 5.82 Å². The zero-order chi connectivity index (χ0) is 19.7. The molecule has 2 N–H and O–H groups in total. The minimum absolute atomic E-state index is 0.0368. The fourth-order valence-corrected chi connectivity index (χ4v) is 4.42. The van der Waals surface area contributed by atoms with Crippen molar-refractivity contribution in [3.05, 3.63) is 69.7 Å². The summed E-state index contributed by atoms with van der Waals surface area (Å²) in [6.07, 6.45) is 3.37. The number of aromatic nitrogens is 4. The molecule has 0 aliphatic heterocycles. The molecule has 0 bridgehead atoms. The molecule has 1 aromatic carbocycles. The van der Waals surface area contributed by atoms with E-state index in [0.717, 1.165) is 32.2 Å². The number of nitrogens with one attached hydrogen (secondary N) is 1. The molecular formula is C20H20N4O2S2. The van der Waals surface area contributed by atoms with Crippen molar-refractivity contribution >= 4 is 33.3 Å². The van der Waals surface area contributed by atoms with E-state index in [-0.39, 0.29) is 16.9 Å². The highest BCUT2D eigenvalue weighted by molar-refractivity contribution is 7.99. The quantitative estimate of drug-likeness (QED) is 0.471. The maximum atomic E-state index is 11.5. The van der Waals surface area contributed by atoms with Gasteiger partial charge < -0.3 is 10.1 Å². The number of aromatic amines is 1. The number of pyridine rings is 1. The molecule has 28 heavy (non-hydrogen) atoms. The zero-order valence-corrected chi connectivity index (χ0v) is 17.1. The highest BCUT2D eigenvalue weighted by Crippen LogP contribution is 2.27. The Labute approximate surface area is 170 Å². The molecule has 4 rings (SSSR count). The first-order chi connectivity index (χ1) is 13.5. The van der Waals surface area contributed by atoms with Crippen LogP contribution in [0.15, 0.2) is 58.5 Å². The van der Waals surface area contributed by atoms with Crippen molar-refractivity contribution in [3.63, 3.8) is 0 Å². The summed E-state index contributed by atoms with van der Waals surface area (Å²) >= 11 is 2.80. The molecule has 144 valence electrons. The Morgan fingerprint density at radius 2 is 2.11 bits per heavy atom. The summed E-state index contributed by atoms with van der Waals surface area (Å²) in [5, 5.41) is 14.1. The zero-order valence-electron chi connectivity index (χ0n) is 15.5. The predicted molar refractivity (Wildman–Crippen MR) is 114 cm³/mol. The molecule has 0 fully saturated rings. The number of thiazole rings is 1. The van der Waals surface area contributed by atoms with Gasteiger partial charge in [0.2, 0.25) is 0 Å². The average molecular weight is 413 g/mol. The Morgan fingerprint density at radius 1 is 1.25 bits per heavy atom. The molecule has 0 aliphatic rings. The number of benzene rings is 1. The number of aliphatic hydroxyl groups excluding tert-OH is 1. The molecule has 0 saturated carbocycles. The molecule has 6 nitrogen and oxygen atoms in total. The largest absolute Gasteiger partial charge is 0.393 e. The molecular weight excluding hydrogens is 392 g/mol. The van der Waals surface area contributed by atoms with E-state index in [1.807, 2.05) is 42.6 Å². The second-order valence-electron chi connectivity index (χ2n) is 6.69. The smallest absolute Gasteiger partial charge is 0.305 e. The van der Waals surface area contributed by atoms with E-state index in [0.29, 0.717) is 5.75 Å². The van der Waals surface area contributed by atoms with Gasteiger partial charge in [0, 0.05) is 29.0 Å². The SMILES string of the molecule is CC(O)CSc1ccc(-n2ccc(C(C)c3ccc4[nH]c(=O)sc4c3)n2)nc1. The summed E-state index contributed by atoms with van der Waals surface area (Å²) in [6.45, 7) is 3.88. The topological polar surface area (TPSA) is 83.8 Å². The van der Waals surface area contributed by atoms with Crippen LogP contribution in [0.4, 0.5) is 0 Å². The second kappa shape index (κ2) is 7.90. The summed E-state index contributed by atoms with van der Waals surface area (Å²) in [4.78, 5) is 19.8. The summed E-state index contributed by atoms with van der Waals surface area (Å²) in [7, 11) is 0. The number of fused-ring (bicyclic) bond motifs is 1. The molecule has 2 unspecified atom stereocenters. The van der Waals surface area contributed by atoms with Crippen LogP contribution in [0.25, 0.3) is 16.0 Å². The Bertz CT molecular complexity index is 1140. The minimum atomic E-state index is -0.341. The highest BCUT2D eigenvalue weighted by atomic mass is 32.2. The summed E-state index contributed by atoms with van der Waals surface area (Å²) in [5.74, 6) is 1.49. The number of nitrogens with zero attached hydrogens (tertiary/aromatic N) is 3. The van der Waals surface area contributed by atoms with Gasteiger partial charge in [0.25, 0.3) is 0 Å². The minimum Gasteiger partial charge on any atom is -0.393 e. The number of hydrogen-bond acceptors (Lipinski definition) is 6. The normalized spacial score (nSPS) is 13.7. The third-order valence-corrected chi connectivity index (χ3v) is 6.51. The van der Waals surface area contributed by atoms with Crippen molar-refractivity contribution in [2.45, 2.75) is 30.8 Å². The third-order valence-electron chi connectivity index (χ3n) is 4.45. The van der Waals surface area contributed by atoms with Crippen molar-refractivity contribution in [1.82, 2.24) is 19.7 Å². The van der Waals surface area contributed by atoms with Gasteiger partial charge in [-0.05, 0) is 42.8 Å². The molecule has 4 aromatic rings. The molecule has 2 atom stereocenters. The molecule has 8 heteroatoms. The summed E-state index contributed by atoms with van der Waals surface area (Å²) < 4.78 is 2.73. The van der Waals surface area contributed by atoms with Crippen LogP contribution in [0.5, 0.6) is 0 Å². The summed E-state index contributed by atoms with van der Waals surface area (Å²) in [5.41, 5.74) is 2.93. The molecule has 0 amide bonds. The molecule has 3 aromatic heterocycles. The molecule has 0 spiro atoms. The van der Waals surface area contributed by atoms with E-state index in [2.05, 4.69) is 22.0 Å². The fourth-order valence-electron chi connectivity index (χ4n) is 2.91. The van der Waals surface area contributed by atoms with E-state index >= 15 is 0 Å². The number of hydrogen-bond donors (Lipinski definition) is 2. The van der Waals surface area contributed by atoms with Crippen molar-refractivity contribution < 1.29 is 5.11 Å². The Morgan fingerprint density at radius 3 is 2.86 bits per heavy atom. The Balaban J connectivity index is 1.53. The number of thioether (sulfide) groups is 1. The lowest BCUT2D eigenvalue weighted by Crippen LogP contribution is -2.03. The maximum Gasteiger partial charge on any atom is 0.305 e. The van der Waals surface area contributed by atoms with Gasteiger partial charge in [-0.25, -0.2) is 9.67 Å². The van der Waals surface area contributed by atoms with Gasteiger partial charge in [0.05, 0.1) is 22.0 Å². The van der Waals surface area contributed by atoms with Crippen LogP contribution < -0.4 is 4.87 Å². The lowest BCUT2D eigenvalue weighted by atomic mass is 9.98. The molecule has 0 radical (unpaired) electrons. The van der Waals surface area contributed by atoms with Gasteiger partial charge in [-0.15, -0.1) is 11.8 Å². The van der Waals surface area contributed by atoms with Crippen molar-refractivity contribution in [3.8, 4) is 5.82 Å². The number of rotatable bonds is 6. The van der Waals surface area contributed by atoms with Gasteiger partial charge in [0.1, 0.15) is 0 Å². The van der Waals surface area contributed by atoms with E-state index < -0.39 is 0 Å². The van der Waals surface area contributed by atoms with Gasteiger partial charge in [-0.2, -0.15) is 5.10 Å². The van der Waals surface area contributed by atoms with Crippen LogP contribution in [0.1, 0.15) is 31.0 Å². The lowest BCUT2D eigenvalue weighted by Gasteiger charge is -2.09. The van der Waals surface area contributed by atoms with Crippen LogP contribution >= 0.6 is 23.1 Å². The fraction of sp³-hybridized carbons (Fsp3) is 0.250. The van der Waals surface area contributed by atoms with Crippen molar-refractivity contribution in [2.24, 2.45) is 0 Å². The van der Waals surface area contributed by atoms with E-state index in [1.165, 1.54) is 11.3 Å².